The molecule has 26 heavy (non-hydrogen) atoms. The number of likely N-dealkylation sites (tertiary alicyclic amines) is 1. The van der Waals surface area contributed by atoms with Crippen LogP contribution in [-0.4, -0.2) is 43.4 Å². The van der Waals surface area contributed by atoms with Gasteiger partial charge in [-0.25, -0.2) is 4.99 Å². The zero-order chi connectivity index (χ0) is 18.8. The highest BCUT2D eigenvalue weighted by molar-refractivity contribution is 5.77. The minimum absolute atomic E-state index is 0.246. The molecule has 0 aliphatic carbocycles. The van der Waals surface area contributed by atoms with E-state index < -0.39 is 6.36 Å². The molecule has 1 saturated heterocycles. The van der Waals surface area contributed by atoms with Crippen LogP contribution in [0.15, 0.2) is 29.3 Å². The van der Waals surface area contributed by atoms with Gasteiger partial charge in [0.15, 0.2) is 5.96 Å². The number of aliphatic imine (C=N–C) groups is 1. The molecule has 1 heterocycles. The molecule has 1 aliphatic heterocycles. The molecule has 0 radical (unpaired) electrons. The number of hydrogen-bond donors (Lipinski definition) is 2. The second kappa shape index (κ2) is 10.3. The van der Waals surface area contributed by atoms with Crippen LogP contribution in [0, 0.1) is 0 Å². The van der Waals surface area contributed by atoms with Gasteiger partial charge in [-0.2, -0.15) is 0 Å². The molecule has 0 unspecified atom stereocenters. The summed E-state index contributed by atoms with van der Waals surface area (Å²) in [5.74, 6) is 0.0984. The van der Waals surface area contributed by atoms with Gasteiger partial charge in [0, 0.05) is 6.54 Å². The van der Waals surface area contributed by atoms with E-state index in [2.05, 4.69) is 19.9 Å². The highest BCUT2D eigenvalue weighted by Crippen LogP contribution is 2.22. The van der Waals surface area contributed by atoms with Gasteiger partial charge in [-0.15, -0.1) is 13.2 Å². The zero-order valence-corrected chi connectivity index (χ0v) is 14.9. The Bertz CT molecular complexity index is 553. The van der Waals surface area contributed by atoms with E-state index in [9.17, 15) is 13.2 Å². The van der Waals surface area contributed by atoms with Gasteiger partial charge in [-0.05, 0) is 56.6 Å². The third-order valence-corrected chi connectivity index (χ3v) is 4.24. The summed E-state index contributed by atoms with van der Waals surface area (Å²) in [6, 6.07) is 5.61. The summed E-state index contributed by atoms with van der Waals surface area (Å²) in [5, 5.41) is 3.08. The lowest BCUT2D eigenvalue weighted by Gasteiger charge is -2.19. The Morgan fingerprint density at radius 2 is 1.77 bits per heavy atom. The van der Waals surface area contributed by atoms with Crippen LogP contribution in [0.2, 0.25) is 0 Å². The minimum atomic E-state index is -4.68. The summed E-state index contributed by atoms with van der Waals surface area (Å²) < 4.78 is 40.2. The van der Waals surface area contributed by atoms with Crippen LogP contribution in [0.1, 0.15) is 37.7 Å². The first-order valence-corrected chi connectivity index (χ1v) is 9.03. The fraction of sp³-hybridized carbons (Fsp3) is 0.611. The second-order valence-electron chi connectivity index (χ2n) is 6.43. The van der Waals surface area contributed by atoms with Crippen LogP contribution in [0.5, 0.6) is 5.75 Å². The van der Waals surface area contributed by atoms with Gasteiger partial charge in [-0.3, -0.25) is 0 Å². The maximum atomic E-state index is 12.1. The summed E-state index contributed by atoms with van der Waals surface area (Å²) in [7, 11) is 0. The number of hydrogen-bond acceptors (Lipinski definition) is 3. The van der Waals surface area contributed by atoms with Gasteiger partial charge in [0.25, 0.3) is 0 Å². The summed E-state index contributed by atoms with van der Waals surface area (Å²) in [4.78, 5) is 6.70. The Morgan fingerprint density at radius 1 is 1.12 bits per heavy atom. The molecule has 3 N–H and O–H groups in total. The predicted octanol–water partition coefficient (Wildman–Crippen LogP) is 3.26. The highest BCUT2D eigenvalue weighted by Gasteiger charge is 2.30. The lowest BCUT2D eigenvalue weighted by Crippen LogP contribution is -2.34. The molecule has 0 bridgehead atoms. The molecular formula is C18H27F3N4O. The fourth-order valence-corrected chi connectivity index (χ4v) is 2.91. The van der Waals surface area contributed by atoms with Crippen LogP contribution in [-0.2, 0) is 6.54 Å². The van der Waals surface area contributed by atoms with Crippen molar-refractivity contribution in [2.45, 2.75) is 45.0 Å². The molecule has 1 aromatic carbocycles. The molecule has 1 aliphatic rings. The lowest BCUT2D eigenvalue weighted by atomic mass is 10.2. The molecule has 2 rings (SSSR count). The molecule has 0 saturated carbocycles. The molecule has 0 atom stereocenters. The Labute approximate surface area is 152 Å². The van der Waals surface area contributed by atoms with Crippen molar-refractivity contribution in [3.05, 3.63) is 29.8 Å². The summed E-state index contributed by atoms with van der Waals surface area (Å²) in [6.07, 6.45) is 1.55. The van der Waals surface area contributed by atoms with E-state index >= 15 is 0 Å². The highest BCUT2D eigenvalue weighted by atomic mass is 19.4. The van der Waals surface area contributed by atoms with Crippen molar-refractivity contribution in [3.63, 3.8) is 0 Å². The Hall–Kier alpha value is -1.96. The smallest absolute Gasteiger partial charge is 0.406 e. The van der Waals surface area contributed by atoms with Gasteiger partial charge in [0.2, 0.25) is 0 Å². The van der Waals surface area contributed by atoms with E-state index in [1.807, 2.05) is 0 Å². The molecule has 1 fully saturated rings. The Kier molecular flexibility index (Phi) is 8.03. The molecule has 0 aromatic heterocycles. The van der Waals surface area contributed by atoms with Crippen molar-refractivity contribution in [3.8, 4) is 5.75 Å². The SMILES string of the molecule is NC(=NCc1ccc(OC(F)(F)F)cc1)NCCCN1CCCCCC1. The lowest BCUT2D eigenvalue weighted by molar-refractivity contribution is -0.274. The van der Waals surface area contributed by atoms with Gasteiger partial charge >= 0.3 is 6.36 Å². The van der Waals surface area contributed by atoms with Gasteiger partial charge in [0.05, 0.1) is 6.54 Å². The standard InChI is InChI=1S/C18H27F3N4O/c19-18(20,21)26-16-8-6-15(7-9-16)14-24-17(22)23-10-5-13-25-11-3-1-2-4-12-25/h6-9H,1-5,10-14H2,(H3,22,23,24). The number of nitrogens with two attached hydrogens (primary N) is 1. The number of benzene rings is 1. The third kappa shape index (κ3) is 8.42. The predicted molar refractivity (Wildman–Crippen MR) is 96.0 cm³/mol. The monoisotopic (exact) mass is 372 g/mol. The van der Waals surface area contributed by atoms with Gasteiger partial charge < -0.3 is 20.7 Å². The molecule has 5 nitrogen and oxygen atoms in total. The van der Waals surface area contributed by atoms with E-state index in [-0.39, 0.29) is 5.75 Å². The second-order valence-corrected chi connectivity index (χ2v) is 6.43. The first-order chi connectivity index (χ1) is 12.4. The van der Waals surface area contributed by atoms with Crippen LogP contribution < -0.4 is 15.8 Å². The summed E-state index contributed by atoms with van der Waals surface area (Å²) in [6.45, 7) is 4.47. The van der Waals surface area contributed by atoms with Gasteiger partial charge in [-0.1, -0.05) is 25.0 Å². The number of nitrogens with zero attached hydrogens (tertiary/aromatic N) is 2. The van der Waals surface area contributed by atoms with Crippen molar-refractivity contribution < 1.29 is 17.9 Å². The van der Waals surface area contributed by atoms with Crippen molar-refractivity contribution in [1.82, 2.24) is 10.2 Å². The molecule has 8 heteroatoms. The maximum absolute atomic E-state index is 12.1. The number of alkyl halides is 3. The number of guanidine groups is 1. The average molecular weight is 372 g/mol. The van der Waals surface area contributed by atoms with Crippen molar-refractivity contribution in [2.24, 2.45) is 10.7 Å². The van der Waals surface area contributed by atoms with Gasteiger partial charge in [0.1, 0.15) is 5.75 Å². The average Bonchev–Trinajstić information content (AvgIpc) is 2.85. The van der Waals surface area contributed by atoms with Crippen LogP contribution in [0.3, 0.4) is 0 Å². The fourth-order valence-electron chi connectivity index (χ4n) is 2.91. The number of nitrogens with one attached hydrogen (secondary N) is 1. The number of rotatable bonds is 7. The van der Waals surface area contributed by atoms with Crippen molar-refractivity contribution >= 4 is 5.96 Å². The van der Waals surface area contributed by atoms with Crippen LogP contribution >= 0.6 is 0 Å². The zero-order valence-electron chi connectivity index (χ0n) is 14.9. The quantitative estimate of drug-likeness (QED) is 0.438. The maximum Gasteiger partial charge on any atom is 0.573 e. The first-order valence-electron chi connectivity index (χ1n) is 9.03. The van der Waals surface area contributed by atoms with E-state index in [0.717, 1.165) is 25.1 Å². The van der Waals surface area contributed by atoms with E-state index in [1.54, 1.807) is 0 Å². The Morgan fingerprint density at radius 3 is 2.38 bits per heavy atom. The topological polar surface area (TPSA) is 62.9 Å². The number of halogens is 3. The molecule has 0 spiro atoms. The summed E-state index contributed by atoms with van der Waals surface area (Å²) >= 11 is 0. The Balaban J connectivity index is 1.65. The van der Waals surface area contributed by atoms with Crippen molar-refractivity contribution in [2.75, 3.05) is 26.2 Å². The van der Waals surface area contributed by atoms with E-state index in [4.69, 9.17) is 5.73 Å². The number of ether oxygens (including phenoxy) is 1. The first kappa shape index (κ1) is 20.4. The normalized spacial score (nSPS) is 17.0. The third-order valence-electron chi connectivity index (χ3n) is 4.24. The largest absolute Gasteiger partial charge is 0.573 e. The summed E-state index contributed by atoms with van der Waals surface area (Å²) in [5.41, 5.74) is 6.59. The molecular weight excluding hydrogens is 345 g/mol. The molecule has 1 aromatic rings. The van der Waals surface area contributed by atoms with E-state index in [0.29, 0.717) is 12.5 Å². The minimum Gasteiger partial charge on any atom is -0.406 e. The molecule has 0 amide bonds. The molecule has 146 valence electrons. The van der Waals surface area contributed by atoms with Crippen LogP contribution in [0.4, 0.5) is 13.2 Å². The van der Waals surface area contributed by atoms with Crippen molar-refractivity contribution in [1.29, 1.82) is 0 Å². The van der Waals surface area contributed by atoms with Crippen LogP contribution in [0.25, 0.3) is 0 Å². The van der Waals surface area contributed by atoms with E-state index in [1.165, 1.54) is 63.0 Å².